The number of thiocarbonyl (C=S) groups is 1. The van der Waals surface area contributed by atoms with Gasteiger partial charge in [-0.3, -0.25) is 0 Å². The molecule has 2 aromatic carbocycles. The standard InChI is InChI=1S/C23H22N4O4S/c1-4-27-13(2)19(20(24-23(27)32)14-6-5-7-16(10-14)28-3)22-25-21(26-31-22)15-8-9-17-18(11-15)30-12-29-17/h5-11,20H,4,12H2,1-3H3,(H,24,32). The molecule has 32 heavy (non-hydrogen) atoms. The van der Waals surface area contributed by atoms with Crippen LogP contribution in [0.15, 0.2) is 52.7 Å². The lowest BCUT2D eigenvalue weighted by Crippen LogP contribution is -2.45. The quantitative estimate of drug-likeness (QED) is 0.576. The number of allylic oxidation sites excluding steroid dienone is 1. The number of aromatic nitrogens is 2. The SMILES string of the molecule is CCN1C(=S)NC(c2cccc(OC)c2)C(c2nc(-c3ccc4c(c3)OCO4)no2)=C1C. The summed E-state index contributed by atoms with van der Waals surface area (Å²) in [6, 6.07) is 13.2. The van der Waals surface area contributed by atoms with Crippen molar-refractivity contribution in [2.75, 3.05) is 20.4 Å². The lowest BCUT2D eigenvalue weighted by molar-refractivity contribution is 0.174. The summed E-state index contributed by atoms with van der Waals surface area (Å²) in [7, 11) is 1.65. The first-order chi connectivity index (χ1) is 15.6. The van der Waals surface area contributed by atoms with Gasteiger partial charge in [0.2, 0.25) is 12.6 Å². The predicted octanol–water partition coefficient (Wildman–Crippen LogP) is 4.16. The molecule has 1 N–H and O–H groups in total. The number of nitrogens with one attached hydrogen (secondary N) is 1. The van der Waals surface area contributed by atoms with Crippen LogP contribution in [0.25, 0.3) is 17.0 Å². The summed E-state index contributed by atoms with van der Waals surface area (Å²) in [5.74, 6) is 3.03. The van der Waals surface area contributed by atoms with Gasteiger partial charge in [-0.15, -0.1) is 0 Å². The van der Waals surface area contributed by atoms with E-state index >= 15 is 0 Å². The Bertz CT molecular complexity index is 1220. The summed E-state index contributed by atoms with van der Waals surface area (Å²) < 4.78 is 22.0. The molecule has 3 heterocycles. The minimum atomic E-state index is -0.259. The Kier molecular flexibility index (Phi) is 5.18. The van der Waals surface area contributed by atoms with Crippen LogP contribution < -0.4 is 19.5 Å². The van der Waals surface area contributed by atoms with Gasteiger partial charge in [0.1, 0.15) is 5.75 Å². The molecular weight excluding hydrogens is 428 g/mol. The van der Waals surface area contributed by atoms with Crippen molar-refractivity contribution in [2.45, 2.75) is 19.9 Å². The van der Waals surface area contributed by atoms with Gasteiger partial charge in [-0.1, -0.05) is 17.3 Å². The van der Waals surface area contributed by atoms with Crippen molar-refractivity contribution < 1.29 is 18.7 Å². The van der Waals surface area contributed by atoms with E-state index in [1.54, 1.807) is 7.11 Å². The number of ether oxygens (including phenoxy) is 3. The number of benzene rings is 2. The van der Waals surface area contributed by atoms with Gasteiger partial charge in [0.15, 0.2) is 16.6 Å². The van der Waals surface area contributed by atoms with E-state index in [2.05, 4.69) is 10.5 Å². The molecule has 1 atom stereocenters. The molecule has 0 aliphatic carbocycles. The number of nitrogens with zero attached hydrogens (tertiary/aromatic N) is 3. The molecule has 0 spiro atoms. The maximum Gasteiger partial charge on any atom is 0.258 e. The van der Waals surface area contributed by atoms with Gasteiger partial charge in [-0.05, 0) is 62.0 Å². The third-order valence-electron chi connectivity index (χ3n) is 5.63. The normalized spacial score (nSPS) is 17.5. The predicted molar refractivity (Wildman–Crippen MR) is 122 cm³/mol. The minimum Gasteiger partial charge on any atom is -0.497 e. The summed E-state index contributed by atoms with van der Waals surface area (Å²) >= 11 is 5.63. The second kappa shape index (κ2) is 8.16. The van der Waals surface area contributed by atoms with Crippen LogP contribution in [0.3, 0.4) is 0 Å². The number of hydrogen-bond acceptors (Lipinski definition) is 7. The highest BCUT2D eigenvalue weighted by Crippen LogP contribution is 2.39. The largest absolute Gasteiger partial charge is 0.497 e. The molecule has 8 nitrogen and oxygen atoms in total. The molecule has 0 radical (unpaired) electrons. The molecule has 2 aliphatic rings. The van der Waals surface area contributed by atoms with Crippen molar-refractivity contribution >= 4 is 22.9 Å². The first-order valence-corrected chi connectivity index (χ1v) is 10.7. The van der Waals surface area contributed by atoms with E-state index in [1.807, 2.05) is 61.2 Å². The van der Waals surface area contributed by atoms with E-state index in [0.29, 0.717) is 28.3 Å². The second-order valence-electron chi connectivity index (χ2n) is 7.39. The highest BCUT2D eigenvalue weighted by atomic mass is 32.1. The van der Waals surface area contributed by atoms with Gasteiger partial charge in [-0.25, -0.2) is 0 Å². The number of methoxy groups -OCH3 is 1. The molecule has 1 aromatic heterocycles. The fraction of sp³-hybridized carbons (Fsp3) is 0.261. The first kappa shape index (κ1) is 20.3. The van der Waals surface area contributed by atoms with Crippen LogP contribution in [0, 0.1) is 0 Å². The highest BCUT2D eigenvalue weighted by Gasteiger charge is 2.33. The molecule has 9 heteroatoms. The van der Waals surface area contributed by atoms with E-state index < -0.39 is 0 Å². The Balaban J connectivity index is 1.58. The van der Waals surface area contributed by atoms with Crippen molar-refractivity contribution in [3.8, 4) is 28.6 Å². The van der Waals surface area contributed by atoms with Gasteiger partial charge >= 0.3 is 0 Å². The Labute approximate surface area is 190 Å². The van der Waals surface area contributed by atoms with Crippen LogP contribution in [-0.4, -0.2) is 40.6 Å². The molecule has 0 amide bonds. The molecule has 0 fully saturated rings. The lowest BCUT2D eigenvalue weighted by atomic mass is 9.94. The van der Waals surface area contributed by atoms with Crippen molar-refractivity contribution in [1.82, 2.24) is 20.4 Å². The summed E-state index contributed by atoms with van der Waals surface area (Å²) in [6.07, 6.45) is 0. The maximum absolute atomic E-state index is 5.75. The van der Waals surface area contributed by atoms with Crippen LogP contribution in [0.1, 0.15) is 31.3 Å². The van der Waals surface area contributed by atoms with E-state index in [1.165, 1.54) is 0 Å². The monoisotopic (exact) mass is 450 g/mol. The molecule has 0 saturated heterocycles. The Morgan fingerprint density at radius 3 is 2.84 bits per heavy atom. The van der Waals surface area contributed by atoms with Crippen molar-refractivity contribution in [1.29, 1.82) is 0 Å². The van der Waals surface area contributed by atoms with Crippen LogP contribution >= 0.6 is 12.2 Å². The van der Waals surface area contributed by atoms with E-state index in [0.717, 1.165) is 34.7 Å². The molecule has 5 rings (SSSR count). The third-order valence-corrected chi connectivity index (χ3v) is 5.97. The molecule has 3 aromatic rings. The van der Waals surface area contributed by atoms with Gasteiger partial charge in [0.25, 0.3) is 5.89 Å². The van der Waals surface area contributed by atoms with Crippen LogP contribution in [0.2, 0.25) is 0 Å². The second-order valence-corrected chi connectivity index (χ2v) is 7.78. The lowest BCUT2D eigenvalue weighted by Gasteiger charge is -2.36. The summed E-state index contributed by atoms with van der Waals surface area (Å²) in [6.45, 7) is 4.99. The first-order valence-electron chi connectivity index (χ1n) is 10.3. The summed E-state index contributed by atoms with van der Waals surface area (Å²) in [5, 5.41) is 8.31. The van der Waals surface area contributed by atoms with Crippen LogP contribution in [0.4, 0.5) is 0 Å². The number of fused-ring (bicyclic) bond motifs is 1. The van der Waals surface area contributed by atoms with Crippen LogP contribution in [0.5, 0.6) is 17.2 Å². The number of hydrogen-bond donors (Lipinski definition) is 1. The molecule has 2 aliphatic heterocycles. The van der Waals surface area contributed by atoms with Gasteiger partial charge in [0.05, 0.1) is 18.7 Å². The highest BCUT2D eigenvalue weighted by molar-refractivity contribution is 7.80. The summed E-state index contributed by atoms with van der Waals surface area (Å²) in [5.41, 5.74) is 3.60. The fourth-order valence-electron chi connectivity index (χ4n) is 4.00. The molecule has 164 valence electrons. The molecular formula is C23H22N4O4S. The fourth-order valence-corrected chi connectivity index (χ4v) is 4.38. The smallest absolute Gasteiger partial charge is 0.258 e. The summed E-state index contributed by atoms with van der Waals surface area (Å²) in [4.78, 5) is 6.74. The average molecular weight is 451 g/mol. The molecule has 0 bridgehead atoms. The molecule has 0 saturated carbocycles. The van der Waals surface area contributed by atoms with E-state index in [-0.39, 0.29) is 12.8 Å². The third kappa shape index (κ3) is 3.44. The minimum absolute atomic E-state index is 0.211. The van der Waals surface area contributed by atoms with Crippen molar-refractivity contribution in [2.24, 2.45) is 0 Å². The average Bonchev–Trinajstić information content (AvgIpc) is 3.48. The van der Waals surface area contributed by atoms with Gasteiger partial charge < -0.3 is 29.0 Å². The van der Waals surface area contributed by atoms with E-state index in [4.69, 9.17) is 35.9 Å². The van der Waals surface area contributed by atoms with Gasteiger partial charge in [-0.2, -0.15) is 4.98 Å². The zero-order chi connectivity index (χ0) is 22.2. The zero-order valence-corrected chi connectivity index (χ0v) is 18.7. The van der Waals surface area contributed by atoms with Gasteiger partial charge in [0, 0.05) is 17.8 Å². The van der Waals surface area contributed by atoms with Crippen molar-refractivity contribution in [3.05, 3.63) is 59.6 Å². The molecule has 1 unspecified atom stereocenters. The van der Waals surface area contributed by atoms with Crippen LogP contribution in [-0.2, 0) is 0 Å². The Hall–Kier alpha value is -3.59. The Morgan fingerprint density at radius 2 is 2.03 bits per heavy atom. The van der Waals surface area contributed by atoms with Crippen molar-refractivity contribution in [3.63, 3.8) is 0 Å². The van der Waals surface area contributed by atoms with E-state index in [9.17, 15) is 0 Å². The zero-order valence-electron chi connectivity index (χ0n) is 17.9. The maximum atomic E-state index is 5.75. The Morgan fingerprint density at radius 1 is 1.19 bits per heavy atom. The number of rotatable bonds is 5. The topological polar surface area (TPSA) is 81.9 Å².